The molecular weight excluding hydrogens is 237 g/mol. The van der Waals surface area contributed by atoms with Crippen molar-refractivity contribution in [1.82, 2.24) is 0 Å². The molecule has 0 unspecified atom stereocenters. The van der Waals surface area contributed by atoms with E-state index in [1.165, 1.54) is 6.07 Å². The van der Waals surface area contributed by atoms with Crippen molar-refractivity contribution in [2.45, 2.75) is 45.2 Å². The third-order valence-corrected chi connectivity index (χ3v) is 3.43. The molecule has 0 radical (unpaired) electrons. The van der Waals surface area contributed by atoms with E-state index in [0.29, 0.717) is 12.0 Å². The van der Waals surface area contributed by atoms with Crippen LogP contribution in [-0.4, -0.2) is 0 Å². The molecular formula is C15H17F3. The Bertz CT molecular complexity index is 455. The van der Waals surface area contributed by atoms with E-state index in [2.05, 4.69) is 0 Å². The number of rotatable bonds is 2. The maximum absolute atomic E-state index is 13.1. The standard InChI is InChI=1S/C15H17F3/c1-2-11-8-9-13(12-6-4-3-5-7-12)14(10-11)15(16,17)18/h6,8-10H,2-5,7H2,1H3. The molecule has 0 fully saturated rings. The number of allylic oxidation sites excluding steroid dienone is 2. The van der Waals surface area contributed by atoms with Crippen LogP contribution in [0.4, 0.5) is 13.2 Å². The molecule has 0 atom stereocenters. The minimum absolute atomic E-state index is 0.374. The van der Waals surface area contributed by atoms with Crippen LogP contribution >= 0.6 is 0 Å². The molecule has 0 heterocycles. The largest absolute Gasteiger partial charge is 0.417 e. The molecule has 0 saturated carbocycles. The van der Waals surface area contributed by atoms with E-state index >= 15 is 0 Å². The first-order valence-electron chi connectivity index (χ1n) is 6.42. The van der Waals surface area contributed by atoms with Gasteiger partial charge in [-0.05, 0) is 54.9 Å². The molecule has 1 aliphatic carbocycles. The first-order valence-corrected chi connectivity index (χ1v) is 6.42. The van der Waals surface area contributed by atoms with E-state index < -0.39 is 11.7 Å². The van der Waals surface area contributed by atoms with Gasteiger partial charge < -0.3 is 0 Å². The zero-order valence-corrected chi connectivity index (χ0v) is 10.5. The highest BCUT2D eigenvalue weighted by Crippen LogP contribution is 2.38. The van der Waals surface area contributed by atoms with Gasteiger partial charge in [0.2, 0.25) is 0 Å². The molecule has 1 aliphatic rings. The molecule has 18 heavy (non-hydrogen) atoms. The normalized spacial score (nSPS) is 16.6. The van der Waals surface area contributed by atoms with Gasteiger partial charge in [-0.2, -0.15) is 13.2 Å². The summed E-state index contributed by atoms with van der Waals surface area (Å²) in [5.74, 6) is 0. The molecule has 0 nitrogen and oxygen atoms in total. The lowest BCUT2D eigenvalue weighted by atomic mass is 9.89. The first-order chi connectivity index (χ1) is 8.52. The van der Waals surface area contributed by atoms with Crippen LogP contribution in [0.1, 0.15) is 49.3 Å². The molecule has 0 aliphatic heterocycles. The van der Waals surface area contributed by atoms with Crippen LogP contribution in [0, 0.1) is 0 Å². The lowest BCUT2D eigenvalue weighted by molar-refractivity contribution is -0.137. The Morgan fingerprint density at radius 3 is 2.50 bits per heavy atom. The lowest BCUT2D eigenvalue weighted by Crippen LogP contribution is -2.10. The summed E-state index contributed by atoms with van der Waals surface area (Å²) in [7, 11) is 0. The van der Waals surface area contributed by atoms with Crippen LogP contribution in [0.25, 0.3) is 5.57 Å². The Labute approximate surface area is 106 Å². The minimum Gasteiger partial charge on any atom is -0.166 e. The van der Waals surface area contributed by atoms with Crippen LogP contribution in [0.15, 0.2) is 24.3 Å². The molecule has 0 aromatic heterocycles. The predicted molar refractivity (Wildman–Crippen MR) is 67.3 cm³/mol. The Morgan fingerprint density at radius 2 is 1.94 bits per heavy atom. The predicted octanol–water partition coefficient (Wildman–Crippen LogP) is 5.23. The van der Waals surface area contributed by atoms with Gasteiger partial charge >= 0.3 is 6.18 Å². The van der Waals surface area contributed by atoms with Crippen molar-refractivity contribution < 1.29 is 13.2 Å². The van der Waals surface area contributed by atoms with Crippen LogP contribution in [0.2, 0.25) is 0 Å². The summed E-state index contributed by atoms with van der Waals surface area (Å²) in [5.41, 5.74) is 1.49. The second-order valence-corrected chi connectivity index (χ2v) is 4.71. The van der Waals surface area contributed by atoms with Crippen LogP contribution in [-0.2, 0) is 12.6 Å². The number of benzene rings is 1. The zero-order chi connectivity index (χ0) is 13.2. The quantitative estimate of drug-likeness (QED) is 0.678. The lowest BCUT2D eigenvalue weighted by Gasteiger charge is -2.19. The highest BCUT2D eigenvalue weighted by Gasteiger charge is 2.34. The van der Waals surface area contributed by atoms with Gasteiger partial charge in [-0.15, -0.1) is 0 Å². The van der Waals surface area contributed by atoms with Crippen molar-refractivity contribution in [2.75, 3.05) is 0 Å². The number of halogens is 3. The van der Waals surface area contributed by atoms with Gasteiger partial charge in [-0.25, -0.2) is 0 Å². The third-order valence-electron chi connectivity index (χ3n) is 3.43. The smallest absolute Gasteiger partial charge is 0.166 e. The minimum atomic E-state index is -4.27. The summed E-state index contributed by atoms with van der Waals surface area (Å²) in [6.07, 6.45) is 2.04. The maximum atomic E-state index is 13.1. The van der Waals surface area contributed by atoms with Gasteiger partial charge in [-0.3, -0.25) is 0 Å². The monoisotopic (exact) mass is 254 g/mol. The van der Waals surface area contributed by atoms with Gasteiger partial charge in [0.05, 0.1) is 5.56 Å². The van der Waals surface area contributed by atoms with Crippen molar-refractivity contribution in [3.05, 3.63) is 41.0 Å². The van der Waals surface area contributed by atoms with Crippen molar-refractivity contribution >= 4 is 5.57 Å². The Balaban J connectivity index is 2.49. The number of hydrogen-bond donors (Lipinski definition) is 0. The summed E-state index contributed by atoms with van der Waals surface area (Å²) >= 11 is 0. The van der Waals surface area contributed by atoms with Crippen molar-refractivity contribution in [1.29, 1.82) is 0 Å². The molecule has 1 aromatic carbocycles. The first kappa shape index (κ1) is 13.2. The summed E-state index contributed by atoms with van der Waals surface area (Å²) in [4.78, 5) is 0. The summed E-state index contributed by atoms with van der Waals surface area (Å²) in [5, 5.41) is 0. The van der Waals surface area contributed by atoms with E-state index in [1.54, 1.807) is 12.1 Å². The van der Waals surface area contributed by atoms with E-state index in [9.17, 15) is 13.2 Å². The van der Waals surface area contributed by atoms with E-state index in [0.717, 1.165) is 36.8 Å². The van der Waals surface area contributed by atoms with Crippen LogP contribution in [0.3, 0.4) is 0 Å². The Morgan fingerprint density at radius 1 is 1.17 bits per heavy atom. The van der Waals surface area contributed by atoms with Crippen LogP contribution < -0.4 is 0 Å². The molecule has 0 saturated heterocycles. The molecule has 3 heteroatoms. The van der Waals surface area contributed by atoms with Gasteiger partial charge in [0.25, 0.3) is 0 Å². The zero-order valence-electron chi connectivity index (χ0n) is 10.5. The van der Waals surface area contributed by atoms with Gasteiger partial charge in [-0.1, -0.05) is 25.1 Å². The highest BCUT2D eigenvalue weighted by atomic mass is 19.4. The summed E-state index contributed by atoms with van der Waals surface area (Å²) in [6, 6.07) is 4.74. The van der Waals surface area contributed by atoms with Gasteiger partial charge in [0.15, 0.2) is 0 Å². The van der Waals surface area contributed by atoms with E-state index in [4.69, 9.17) is 0 Å². The number of alkyl halides is 3. The Hall–Kier alpha value is -1.25. The molecule has 0 N–H and O–H groups in total. The Kier molecular flexibility index (Phi) is 3.79. The highest BCUT2D eigenvalue weighted by molar-refractivity contribution is 5.69. The molecule has 0 bridgehead atoms. The average Bonchev–Trinajstić information content (AvgIpc) is 2.38. The van der Waals surface area contributed by atoms with Crippen molar-refractivity contribution in [3.63, 3.8) is 0 Å². The molecule has 0 spiro atoms. The second-order valence-electron chi connectivity index (χ2n) is 4.71. The number of aryl methyl sites for hydroxylation is 1. The second kappa shape index (κ2) is 5.17. The van der Waals surface area contributed by atoms with E-state index in [1.807, 2.05) is 13.0 Å². The molecule has 2 rings (SSSR count). The fourth-order valence-electron chi connectivity index (χ4n) is 2.41. The number of hydrogen-bond acceptors (Lipinski definition) is 0. The molecule has 98 valence electrons. The van der Waals surface area contributed by atoms with Crippen molar-refractivity contribution in [2.24, 2.45) is 0 Å². The van der Waals surface area contributed by atoms with Crippen LogP contribution in [0.5, 0.6) is 0 Å². The SMILES string of the molecule is CCc1ccc(C2=CCCCC2)c(C(F)(F)F)c1. The van der Waals surface area contributed by atoms with Gasteiger partial charge in [0.1, 0.15) is 0 Å². The molecule has 0 amide bonds. The maximum Gasteiger partial charge on any atom is 0.417 e. The third kappa shape index (κ3) is 2.77. The molecule has 1 aromatic rings. The fourth-order valence-corrected chi connectivity index (χ4v) is 2.41. The summed E-state index contributed by atoms with van der Waals surface area (Å²) < 4.78 is 39.3. The van der Waals surface area contributed by atoms with Gasteiger partial charge in [0, 0.05) is 0 Å². The topological polar surface area (TPSA) is 0 Å². The average molecular weight is 254 g/mol. The van der Waals surface area contributed by atoms with Crippen molar-refractivity contribution in [3.8, 4) is 0 Å². The van der Waals surface area contributed by atoms with E-state index in [-0.39, 0.29) is 0 Å². The summed E-state index contributed by atoms with van der Waals surface area (Å²) in [6.45, 7) is 1.87. The fraction of sp³-hybridized carbons (Fsp3) is 0.467.